The van der Waals surface area contributed by atoms with E-state index in [1.807, 2.05) is 18.2 Å². The van der Waals surface area contributed by atoms with E-state index in [-0.39, 0.29) is 24.1 Å². The summed E-state index contributed by atoms with van der Waals surface area (Å²) in [5.74, 6) is 0.108. The maximum absolute atomic E-state index is 12.4. The van der Waals surface area contributed by atoms with Crippen LogP contribution in [0, 0.1) is 5.92 Å². The van der Waals surface area contributed by atoms with Crippen molar-refractivity contribution in [3.8, 4) is 0 Å². The van der Waals surface area contributed by atoms with Crippen molar-refractivity contribution in [2.45, 2.75) is 19.4 Å². The Bertz CT molecular complexity index is 651. The van der Waals surface area contributed by atoms with Gasteiger partial charge in [-0.2, -0.15) is 4.31 Å². The summed E-state index contributed by atoms with van der Waals surface area (Å²) >= 11 is 0. The highest BCUT2D eigenvalue weighted by Crippen LogP contribution is 2.28. The first-order valence-corrected chi connectivity index (χ1v) is 10.2. The summed E-state index contributed by atoms with van der Waals surface area (Å²) in [5, 5.41) is 2.73. The van der Waals surface area contributed by atoms with Gasteiger partial charge < -0.3 is 5.32 Å². The molecule has 0 unspecified atom stereocenters. The van der Waals surface area contributed by atoms with Crippen molar-refractivity contribution in [1.82, 2.24) is 14.5 Å². The minimum absolute atomic E-state index is 0.00196. The number of hydrogen-bond acceptors (Lipinski definition) is 4. The maximum atomic E-state index is 12.4. The summed E-state index contributed by atoms with van der Waals surface area (Å²) in [5.41, 5.74) is 1.25. The lowest BCUT2D eigenvalue weighted by Crippen LogP contribution is -2.49. The fourth-order valence-electron chi connectivity index (χ4n) is 2.93. The molecule has 1 aliphatic carbocycles. The van der Waals surface area contributed by atoms with Crippen LogP contribution in [0.25, 0.3) is 0 Å². The minimum atomic E-state index is -3.29. The van der Waals surface area contributed by atoms with Gasteiger partial charge in [0.1, 0.15) is 0 Å². The summed E-state index contributed by atoms with van der Waals surface area (Å²) in [6.45, 7) is 3.58. The summed E-state index contributed by atoms with van der Waals surface area (Å²) in [6.07, 6.45) is 1.86. The van der Waals surface area contributed by atoms with Crippen LogP contribution in [-0.4, -0.2) is 62.0 Å². The average Bonchev–Trinajstić information content (AvgIpc) is 3.41. The van der Waals surface area contributed by atoms with Crippen LogP contribution in [0.1, 0.15) is 18.4 Å². The van der Waals surface area contributed by atoms with Crippen molar-refractivity contribution in [3.05, 3.63) is 35.9 Å². The molecule has 2 aliphatic rings. The van der Waals surface area contributed by atoms with E-state index in [4.69, 9.17) is 0 Å². The molecular weight excluding hydrogens is 326 g/mol. The third-order valence-electron chi connectivity index (χ3n) is 4.58. The molecule has 24 heavy (non-hydrogen) atoms. The fourth-order valence-corrected chi connectivity index (χ4v) is 4.27. The predicted molar refractivity (Wildman–Crippen MR) is 92.8 cm³/mol. The topological polar surface area (TPSA) is 69.7 Å². The van der Waals surface area contributed by atoms with Crippen LogP contribution in [0.4, 0.5) is 0 Å². The Balaban J connectivity index is 1.42. The molecule has 0 aromatic heterocycles. The number of amides is 1. The lowest BCUT2D eigenvalue weighted by Gasteiger charge is -2.34. The standard InChI is InChI=1S/C17H25N3O3S/c21-17(16-6-7-16)18-8-13-24(22,23)20-11-9-19(10-12-20)14-15-4-2-1-3-5-15/h1-5,16H,6-14H2,(H,18,21). The molecule has 1 amide bonds. The van der Waals surface area contributed by atoms with E-state index < -0.39 is 10.0 Å². The normalized spacial score (nSPS) is 20.0. The number of carbonyl (C=O) groups excluding carboxylic acids is 1. The molecule has 0 bridgehead atoms. The van der Waals surface area contributed by atoms with Crippen LogP contribution >= 0.6 is 0 Å². The third kappa shape index (κ3) is 4.78. The van der Waals surface area contributed by atoms with E-state index in [9.17, 15) is 13.2 Å². The molecule has 1 aromatic carbocycles. The van der Waals surface area contributed by atoms with Gasteiger partial charge in [-0.05, 0) is 18.4 Å². The Morgan fingerprint density at radius 2 is 1.75 bits per heavy atom. The highest BCUT2D eigenvalue weighted by atomic mass is 32.2. The number of carbonyl (C=O) groups is 1. The van der Waals surface area contributed by atoms with Crippen molar-refractivity contribution in [2.24, 2.45) is 5.92 Å². The highest BCUT2D eigenvalue weighted by Gasteiger charge is 2.30. The Kier molecular flexibility index (Phi) is 5.53. The Labute approximate surface area is 143 Å². The SMILES string of the molecule is O=C(NCCS(=O)(=O)N1CCN(Cc2ccccc2)CC1)C1CC1. The number of hydrogen-bond donors (Lipinski definition) is 1. The van der Waals surface area contributed by atoms with E-state index in [1.54, 1.807) is 4.31 Å². The molecule has 1 N–H and O–H groups in total. The van der Waals surface area contributed by atoms with Gasteiger partial charge in [0.2, 0.25) is 15.9 Å². The zero-order valence-corrected chi connectivity index (χ0v) is 14.7. The van der Waals surface area contributed by atoms with Gasteiger partial charge in [-0.3, -0.25) is 9.69 Å². The first kappa shape index (κ1) is 17.4. The third-order valence-corrected chi connectivity index (χ3v) is 6.45. The summed E-state index contributed by atoms with van der Waals surface area (Å²) in [4.78, 5) is 13.8. The molecule has 6 nitrogen and oxygen atoms in total. The second-order valence-electron chi connectivity index (χ2n) is 6.54. The molecule has 2 fully saturated rings. The van der Waals surface area contributed by atoms with Crippen molar-refractivity contribution < 1.29 is 13.2 Å². The second kappa shape index (κ2) is 7.63. The van der Waals surface area contributed by atoms with Gasteiger partial charge in [0.15, 0.2) is 0 Å². The van der Waals surface area contributed by atoms with E-state index in [0.29, 0.717) is 13.1 Å². The number of piperazine rings is 1. The molecule has 0 atom stereocenters. The lowest BCUT2D eigenvalue weighted by atomic mass is 10.2. The predicted octanol–water partition coefficient (Wildman–Crippen LogP) is 0.660. The van der Waals surface area contributed by atoms with Gasteiger partial charge >= 0.3 is 0 Å². The molecule has 1 aliphatic heterocycles. The minimum Gasteiger partial charge on any atom is -0.355 e. The summed E-state index contributed by atoms with van der Waals surface area (Å²) in [7, 11) is -3.29. The van der Waals surface area contributed by atoms with Crippen molar-refractivity contribution >= 4 is 15.9 Å². The first-order valence-electron chi connectivity index (χ1n) is 8.56. The number of nitrogens with zero attached hydrogens (tertiary/aromatic N) is 2. The molecule has 132 valence electrons. The van der Waals surface area contributed by atoms with Crippen LogP contribution < -0.4 is 5.32 Å². The highest BCUT2D eigenvalue weighted by molar-refractivity contribution is 7.89. The van der Waals surface area contributed by atoms with E-state index in [2.05, 4.69) is 22.3 Å². The molecule has 3 rings (SSSR count). The zero-order chi connectivity index (χ0) is 17.0. The average molecular weight is 351 g/mol. The quantitative estimate of drug-likeness (QED) is 0.784. The lowest BCUT2D eigenvalue weighted by molar-refractivity contribution is -0.122. The van der Waals surface area contributed by atoms with E-state index in [0.717, 1.165) is 32.5 Å². The smallest absolute Gasteiger partial charge is 0.223 e. The monoisotopic (exact) mass is 351 g/mol. The molecule has 1 saturated carbocycles. The largest absolute Gasteiger partial charge is 0.355 e. The van der Waals surface area contributed by atoms with E-state index in [1.165, 1.54) is 5.56 Å². The van der Waals surface area contributed by atoms with Gasteiger partial charge in [-0.25, -0.2) is 8.42 Å². The zero-order valence-electron chi connectivity index (χ0n) is 13.9. The van der Waals surface area contributed by atoms with Gasteiger partial charge in [0.05, 0.1) is 5.75 Å². The molecule has 7 heteroatoms. The Hall–Kier alpha value is -1.44. The number of benzene rings is 1. The number of nitrogens with one attached hydrogen (secondary N) is 1. The summed E-state index contributed by atoms with van der Waals surface area (Å²) < 4.78 is 26.3. The van der Waals surface area contributed by atoms with Crippen molar-refractivity contribution in [2.75, 3.05) is 38.5 Å². The number of rotatable bonds is 7. The van der Waals surface area contributed by atoms with Crippen molar-refractivity contribution in [3.63, 3.8) is 0 Å². The second-order valence-corrected chi connectivity index (χ2v) is 8.63. The molecule has 0 radical (unpaired) electrons. The van der Waals surface area contributed by atoms with Gasteiger partial charge in [0.25, 0.3) is 0 Å². The van der Waals surface area contributed by atoms with Gasteiger partial charge in [-0.15, -0.1) is 0 Å². The van der Waals surface area contributed by atoms with Crippen LogP contribution in [0.3, 0.4) is 0 Å². The van der Waals surface area contributed by atoms with Gasteiger partial charge in [-0.1, -0.05) is 30.3 Å². The molecule has 1 aromatic rings. The van der Waals surface area contributed by atoms with Crippen molar-refractivity contribution in [1.29, 1.82) is 0 Å². The molecule has 1 heterocycles. The molecule has 0 spiro atoms. The van der Waals surface area contributed by atoms with Crippen LogP contribution in [-0.2, 0) is 21.4 Å². The Morgan fingerprint density at radius 3 is 2.38 bits per heavy atom. The van der Waals surface area contributed by atoms with Gasteiger partial charge in [0, 0.05) is 45.2 Å². The number of sulfonamides is 1. The molecule has 1 saturated heterocycles. The van der Waals surface area contributed by atoms with Crippen LogP contribution in [0.2, 0.25) is 0 Å². The first-order chi connectivity index (χ1) is 11.5. The molecular formula is C17H25N3O3S. The Morgan fingerprint density at radius 1 is 1.08 bits per heavy atom. The fraction of sp³-hybridized carbons (Fsp3) is 0.588. The van der Waals surface area contributed by atoms with E-state index >= 15 is 0 Å². The van der Waals surface area contributed by atoms with Crippen LogP contribution in [0.5, 0.6) is 0 Å². The maximum Gasteiger partial charge on any atom is 0.223 e. The summed E-state index contributed by atoms with van der Waals surface area (Å²) in [6, 6.07) is 10.2. The van der Waals surface area contributed by atoms with Crippen LogP contribution in [0.15, 0.2) is 30.3 Å².